The number of nitrogens with zero attached hydrogens (tertiary/aromatic N) is 4. The van der Waals surface area contributed by atoms with Gasteiger partial charge in [-0.25, -0.2) is 9.67 Å². The van der Waals surface area contributed by atoms with Gasteiger partial charge in [0.15, 0.2) is 0 Å². The molecule has 1 fully saturated rings. The number of rotatable bonds is 3. The van der Waals surface area contributed by atoms with Crippen LogP contribution < -0.4 is 15.4 Å². The third-order valence-electron chi connectivity index (χ3n) is 5.66. The van der Waals surface area contributed by atoms with Crippen LogP contribution in [0.25, 0.3) is 0 Å². The Labute approximate surface area is 183 Å². The number of aromatic nitrogens is 4. The molecule has 3 N–H and O–H groups in total. The molecule has 176 valence electrons. The molecule has 4 heterocycles. The highest BCUT2D eigenvalue weighted by molar-refractivity contribution is 5.66. The summed E-state index contributed by atoms with van der Waals surface area (Å²) < 4.78 is 54.0. The maximum atomic E-state index is 13.6. The predicted molar refractivity (Wildman–Crippen MR) is 110 cm³/mol. The Bertz CT molecular complexity index is 992. The molecule has 0 aromatic carbocycles. The lowest BCUT2D eigenvalue weighted by Crippen LogP contribution is -2.35. The molecule has 2 aromatic heterocycles. The fraction of sp³-hybridized carbons (Fsp3) is 0.650. The summed E-state index contributed by atoms with van der Waals surface area (Å²) in [6.45, 7) is 8.04. The Hall–Kier alpha value is -2.60. The third kappa shape index (κ3) is 4.08. The smallest absolute Gasteiger partial charge is 0.421 e. The van der Waals surface area contributed by atoms with Crippen LogP contribution in [0.1, 0.15) is 44.9 Å². The van der Waals surface area contributed by atoms with Crippen molar-refractivity contribution in [3.63, 3.8) is 0 Å². The summed E-state index contributed by atoms with van der Waals surface area (Å²) in [5.41, 5.74) is -0.646. The van der Waals surface area contributed by atoms with Crippen LogP contribution in [0.4, 0.5) is 30.6 Å². The average molecular weight is 456 g/mol. The molecule has 9 nitrogen and oxygen atoms in total. The van der Waals surface area contributed by atoms with Crippen molar-refractivity contribution in [1.82, 2.24) is 19.7 Å². The van der Waals surface area contributed by atoms with Crippen LogP contribution in [-0.4, -0.2) is 57.3 Å². The zero-order chi connectivity index (χ0) is 23.3. The largest absolute Gasteiger partial charge is 0.476 e. The van der Waals surface area contributed by atoms with E-state index in [1.54, 1.807) is 4.68 Å². The van der Waals surface area contributed by atoms with E-state index in [1.165, 1.54) is 0 Å². The number of alkyl halides is 3. The van der Waals surface area contributed by atoms with Crippen LogP contribution in [0, 0.1) is 5.92 Å². The van der Waals surface area contributed by atoms with Gasteiger partial charge in [0.25, 0.3) is 0 Å². The SMILES string of the molecule is CC(C)c1nn(C(C)(C)CO)c2c1Nc1ncc(C(F)(F)F)c(n1)N[C@@H]1COC[C@H]1CO2. The fourth-order valence-electron chi connectivity index (χ4n) is 3.71. The Balaban J connectivity index is 1.89. The van der Waals surface area contributed by atoms with Gasteiger partial charge in [-0.05, 0) is 19.8 Å². The van der Waals surface area contributed by atoms with E-state index in [0.29, 0.717) is 23.9 Å². The number of nitrogens with one attached hydrogen (secondary N) is 2. The molecule has 1 saturated heterocycles. The first-order chi connectivity index (χ1) is 15.0. The van der Waals surface area contributed by atoms with E-state index in [9.17, 15) is 18.3 Å². The minimum absolute atomic E-state index is 0.0223. The lowest BCUT2D eigenvalue weighted by atomic mass is 10.0. The molecule has 12 heteroatoms. The van der Waals surface area contributed by atoms with Crippen molar-refractivity contribution in [2.45, 2.75) is 51.4 Å². The van der Waals surface area contributed by atoms with Crippen LogP contribution in [-0.2, 0) is 16.5 Å². The van der Waals surface area contributed by atoms with Gasteiger partial charge in [0.1, 0.15) is 17.1 Å². The van der Waals surface area contributed by atoms with Gasteiger partial charge in [-0.15, -0.1) is 0 Å². The van der Waals surface area contributed by atoms with Crippen LogP contribution in [0.15, 0.2) is 6.20 Å². The highest BCUT2D eigenvalue weighted by Gasteiger charge is 2.39. The molecule has 2 aromatic rings. The maximum Gasteiger partial charge on any atom is 0.421 e. The van der Waals surface area contributed by atoms with Gasteiger partial charge in [0.05, 0.1) is 43.7 Å². The molecular weight excluding hydrogens is 429 g/mol. The normalized spacial score (nSPS) is 21.2. The van der Waals surface area contributed by atoms with E-state index in [1.807, 2.05) is 27.7 Å². The summed E-state index contributed by atoms with van der Waals surface area (Å²) >= 11 is 0. The van der Waals surface area contributed by atoms with Gasteiger partial charge < -0.3 is 25.2 Å². The highest BCUT2D eigenvalue weighted by atomic mass is 19.4. The van der Waals surface area contributed by atoms with Gasteiger partial charge >= 0.3 is 6.18 Å². The molecule has 2 bridgehead atoms. The zero-order valence-electron chi connectivity index (χ0n) is 18.3. The fourth-order valence-corrected chi connectivity index (χ4v) is 3.71. The summed E-state index contributed by atoms with van der Waals surface area (Å²) in [6, 6.07) is -0.424. The zero-order valence-corrected chi connectivity index (χ0v) is 18.3. The van der Waals surface area contributed by atoms with Gasteiger partial charge in [-0.1, -0.05) is 13.8 Å². The van der Waals surface area contributed by atoms with Crippen molar-refractivity contribution in [2.75, 3.05) is 37.1 Å². The predicted octanol–water partition coefficient (Wildman–Crippen LogP) is 3.11. The second-order valence-corrected chi connectivity index (χ2v) is 9.04. The van der Waals surface area contributed by atoms with E-state index in [-0.39, 0.29) is 43.4 Å². The van der Waals surface area contributed by atoms with Crippen LogP contribution >= 0.6 is 0 Å². The van der Waals surface area contributed by atoms with E-state index < -0.39 is 23.3 Å². The van der Waals surface area contributed by atoms with E-state index in [0.717, 1.165) is 6.20 Å². The van der Waals surface area contributed by atoms with Gasteiger partial charge in [0, 0.05) is 12.1 Å². The molecule has 0 saturated carbocycles. The summed E-state index contributed by atoms with van der Waals surface area (Å²) in [5, 5.41) is 20.5. The molecule has 2 aliphatic rings. The van der Waals surface area contributed by atoms with Crippen molar-refractivity contribution in [2.24, 2.45) is 5.92 Å². The number of ether oxygens (including phenoxy) is 2. The number of hydrogen-bond donors (Lipinski definition) is 3. The summed E-state index contributed by atoms with van der Waals surface area (Å²) in [6.07, 6.45) is -3.85. The van der Waals surface area contributed by atoms with Gasteiger partial charge in [0.2, 0.25) is 11.8 Å². The molecule has 2 atom stereocenters. The molecule has 4 rings (SSSR count). The van der Waals surface area contributed by atoms with Gasteiger partial charge in [-0.3, -0.25) is 0 Å². The number of anilines is 3. The molecule has 2 aliphatic heterocycles. The second kappa shape index (κ2) is 8.07. The quantitative estimate of drug-likeness (QED) is 0.647. The number of aliphatic hydroxyl groups is 1. The molecule has 0 radical (unpaired) electrons. The lowest BCUT2D eigenvalue weighted by Gasteiger charge is -2.26. The monoisotopic (exact) mass is 456 g/mol. The molecule has 0 aliphatic carbocycles. The molecule has 0 amide bonds. The first-order valence-electron chi connectivity index (χ1n) is 10.4. The molecule has 0 spiro atoms. The average Bonchev–Trinajstić information content (AvgIpc) is 3.29. The Morgan fingerprint density at radius 2 is 2.00 bits per heavy atom. The maximum absolute atomic E-state index is 13.6. The van der Waals surface area contributed by atoms with Crippen molar-refractivity contribution < 1.29 is 27.8 Å². The Morgan fingerprint density at radius 1 is 1.25 bits per heavy atom. The Morgan fingerprint density at radius 3 is 2.66 bits per heavy atom. The first-order valence-corrected chi connectivity index (χ1v) is 10.4. The van der Waals surface area contributed by atoms with E-state index >= 15 is 0 Å². The van der Waals surface area contributed by atoms with Crippen LogP contribution in [0.2, 0.25) is 0 Å². The van der Waals surface area contributed by atoms with Crippen LogP contribution in [0.3, 0.4) is 0 Å². The van der Waals surface area contributed by atoms with Gasteiger partial charge in [-0.2, -0.15) is 23.3 Å². The summed E-state index contributed by atoms with van der Waals surface area (Å²) in [7, 11) is 0. The lowest BCUT2D eigenvalue weighted by molar-refractivity contribution is -0.137. The standard InChI is InChI=1S/C20H27F3N6O3/c1-10(2)14-15-17(29(28-14)19(3,4)9-30)32-7-11-6-31-8-13(11)25-16-12(20(21,22)23)5-24-18(26-15)27-16/h5,10-11,13,30H,6-9H2,1-4H3,(H2,24,25,26,27)/t11-,13+/m0/s1. The topological polar surface area (TPSA) is 106 Å². The Kier molecular flexibility index (Phi) is 5.70. The minimum atomic E-state index is -4.61. The molecule has 32 heavy (non-hydrogen) atoms. The number of halogens is 3. The molecular formula is C20H27F3N6O3. The number of fused-ring (bicyclic) bond motifs is 4. The number of hydrogen-bond acceptors (Lipinski definition) is 8. The van der Waals surface area contributed by atoms with E-state index in [2.05, 4.69) is 25.7 Å². The first kappa shape index (κ1) is 22.6. The van der Waals surface area contributed by atoms with E-state index in [4.69, 9.17) is 9.47 Å². The second-order valence-electron chi connectivity index (χ2n) is 9.04. The minimum Gasteiger partial charge on any atom is -0.476 e. The highest BCUT2D eigenvalue weighted by Crippen LogP contribution is 2.40. The third-order valence-corrected chi connectivity index (χ3v) is 5.66. The van der Waals surface area contributed by atoms with Crippen molar-refractivity contribution in [3.8, 4) is 5.88 Å². The van der Waals surface area contributed by atoms with Crippen LogP contribution in [0.5, 0.6) is 5.88 Å². The number of aliphatic hydroxyl groups excluding tert-OH is 1. The summed E-state index contributed by atoms with van der Waals surface area (Å²) in [4.78, 5) is 8.04. The summed E-state index contributed by atoms with van der Waals surface area (Å²) in [5.74, 6) is -0.233. The van der Waals surface area contributed by atoms with Crippen molar-refractivity contribution in [3.05, 3.63) is 17.5 Å². The van der Waals surface area contributed by atoms with Crippen molar-refractivity contribution in [1.29, 1.82) is 0 Å². The molecule has 0 unspecified atom stereocenters. The van der Waals surface area contributed by atoms with Crippen molar-refractivity contribution >= 4 is 17.5 Å².